The Bertz CT molecular complexity index is 733. The lowest BCUT2D eigenvalue weighted by atomic mass is 10.4. The molecule has 0 aromatic carbocycles. The first-order valence-corrected chi connectivity index (χ1v) is 7.65. The number of hydrogen-bond acceptors (Lipinski definition) is 6. The Balaban J connectivity index is 0.000000497. The first-order valence-electron chi connectivity index (χ1n) is 5.60. The van der Waals surface area contributed by atoms with Gasteiger partial charge in [0.2, 0.25) is 5.28 Å². The number of nitrogens with one attached hydrogen (secondary N) is 1. The summed E-state index contributed by atoms with van der Waals surface area (Å²) in [5.74, 6) is 1.56. The van der Waals surface area contributed by atoms with Crippen LogP contribution in [0.1, 0.15) is 5.76 Å². The molecule has 0 radical (unpaired) electrons. The average Bonchev–Trinajstić information content (AvgIpc) is 3.08. The Morgan fingerprint density at radius 3 is 2.95 bits per heavy atom. The Morgan fingerprint density at radius 2 is 2.29 bits per heavy atom. The zero-order valence-corrected chi connectivity index (χ0v) is 13.6. The summed E-state index contributed by atoms with van der Waals surface area (Å²) in [6, 6.07) is 3.75. The number of aromatic nitrogens is 2. The van der Waals surface area contributed by atoms with Crippen LogP contribution < -0.4 is 5.32 Å². The lowest BCUT2D eigenvalue weighted by Gasteiger charge is -2.05. The van der Waals surface area contributed by atoms with Crippen molar-refractivity contribution in [3.8, 4) is 0 Å². The second-order valence-electron chi connectivity index (χ2n) is 3.64. The van der Waals surface area contributed by atoms with Gasteiger partial charge in [-0.15, -0.1) is 11.3 Å². The highest BCUT2D eigenvalue weighted by Crippen LogP contribution is 2.34. The Morgan fingerprint density at radius 1 is 1.52 bits per heavy atom. The molecule has 0 amide bonds. The van der Waals surface area contributed by atoms with Crippen molar-refractivity contribution in [1.82, 2.24) is 9.97 Å². The number of rotatable bonds is 3. The minimum Gasteiger partial charge on any atom is -0.483 e. The second kappa shape index (κ2) is 7.39. The van der Waals surface area contributed by atoms with Crippen LogP contribution in [0, 0.1) is 0 Å². The number of carbonyl (C=O) groups is 1. The fourth-order valence-corrected chi connectivity index (χ4v) is 3.26. The monoisotopic (exact) mass is 389 g/mol. The Labute approximate surface area is 136 Å². The Kier molecular flexibility index (Phi) is 5.54. The molecule has 3 rings (SSSR count). The highest BCUT2D eigenvalue weighted by molar-refractivity contribution is 9.10. The first-order chi connectivity index (χ1) is 10.2. The van der Waals surface area contributed by atoms with E-state index in [0.29, 0.717) is 6.54 Å². The van der Waals surface area contributed by atoms with Gasteiger partial charge in [-0.05, 0) is 39.7 Å². The van der Waals surface area contributed by atoms with E-state index in [1.165, 1.54) is 0 Å². The maximum atomic E-state index is 8.36. The van der Waals surface area contributed by atoms with Crippen LogP contribution in [0.3, 0.4) is 0 Å². The number of halogens is 2. The van der Waals surface area contributed by atoms with Crippen LogP contribution in [0.25, 0.3) is 10.2 Å². The normalized spacial score (nSPS) is 10.0. The van der Waals surface area contributed by atoms with E-state index in [0.717, 1.165) is 26.3 Å². The van der Waals surface area contributed by atoms with Gasteiger partial charge in [-0.3, -0.25) is 4.79 Å². The predicted octanol–water partition coefficient (Wildman–Crippen LogP) is 4.01. The topological polar surface area (TPSA) is 88.3 Å². The zero-order chi connectivity index (χ0) is 15.2. The van der Waals surface area contributed by atoms with Crippen LogP contribution >= 0.6 is 38.9 Å². The van der Waals surface area contributed by atoms with Crippen LogP contribution in [0.2, 0.25) is 5.28 Å². The minimum absolute atomic E-state index is 0.226. The maximum Gasteiger partial charge on any atom is 0.290 e. The van der Waals surface area contributed by atoms with Gasteiger partial charge in [0, 0.05) is 5.38 Å². The zero-order valence-electron chi connectivity index (χ0n) is 10.4. The molecule has 0 fully saturated rings. The van der Waals surface area contributed by atoms with Crippen molar-refractivity contribution < 1.29 is 14.3 Å². The number of furan rings is 1. The molecule has 0 saturated heterocycles. The van der Waals surface area contributed by atoms with Gasteiger partial charge in [-0.1, -0.05) is 0 Å². The van der Waals surface area contributed by atoms with Crippen molar-refractivity contribution in [3.63, 3.8) is 0 Å². The number of anilines is 1. The number of fused-ring (bicyclic) bond motifs is 1. The van der Waals surface area contributed by atoms with E-state index in [1.54, 1.807) is 17.6 Å². The third kappa shape index (κ3) is 3.93. The van der Waals surface area contributed by atoms with Gasteiger partial charge in [0.05, 0.1) is 22.0 Å². The van der Waals surface area contributed by atoms with E-state index >= 15 is 0 Å². The molecule has 0 aliphatic carbocycles. The standard InChI is InChI=1S/C11H7BrClN3OS.CH2O2/c12-7-5-18-9-8(7)15-11(13)16-10(9)14-4-6-2-1-3-17-6;2-1-3/h1-3,5H,4H2,(H,14,15,16);1H,(H,2,3). The van der Waals surface area contributed by atoms with E-state index in [1.807, 2.05) is 17.5 Å². The highest BCUT2D eigenvalue weighted by Gasteiger charge is 2.11. The molecule has 21 heavy (non-hydrogen) atoms. The van der Waals surface area contributed by atoms with Gasteiger partial charge in [0.1, 0.15) is 17.1 Å². The summed E-state index contributed by atoms with van der Waals surface area (Å²) < 4.78 is 7.15. The maximum absolute atomic E-state index is 8.36. The van der Waals surface area contributed by atoms with E-state index in [2.05, 4.69) is 31.2 Å². The molecule has 110 valence electrons. The van der Waals surface area contributed by atoms with Crippen LogP contribution in [-0.2, 0) is 11.3 Å². The van der Waals surface area contributed by atoms with Crippen LogP contribution in [0.4, 0.5) is 5.82 Å². The third-order valence-corrected chi connectivity index (χ3v) is 4.41. The Hall–Kier alpha value is -1.64. The molecule has 3 aromatic heterocycles. The molecular weight excluding hydrogens is 382 g/mol. The molecular formula is C12H9BrClN3O3S. The first kappa shape index (κ1) is 15.7. The summed E-state index contributed by atoms with van der Waals surface area (Å²) in [5, 5.41) is 12.3. The molecule has 0 unspecified atom stereocenters. The molecule has 0 atom stereocenters. The summed E-state index contributed by atoms with van der Waals surface area (Å²) in [6.07, 6.45) is 1.64. The van der Waals surface area contributed by atoms with E-state index in [4.69, 9.17) is 25.9 Å². The molecule has 0 aliphatic rings. The van der Waals surface area contributed by atoms with Crippen molar-refractivity contribution in [2.45, 2.75) is 6.54 Å². The van der Waals surface area contributed by atoms with Crippen molar-refractivity contribution in [1.29, 1.82) is 0 Å². The van der Waals surface area contributed by atoms with Crippen LogP contribution in [0.15, 0.2) is 32.7 Å². The minimum atomic E-state index is -0.250. The molecule has 0 bridgehead atoms. The van der Waals surface area contributed by atoms with Crippen molar-refractivity contribution in [2.24, 2.45) is 0 Å². The SMILES string of the molecule is Clc1nc(NCc2ccco2)c2scc(Br)c2n1.O=CO. The number of thiophene rings is 1. The largest absolute Gasteiger partial charge is 0.483 e. The van der Waals surface area contributed by atoms with Gasteiger partial charge >= 0.3 is 0 Å². The lowest BCUT2D eigenvalue weighted by molar-refractivity contribution is -0.122. The molecule has 3 aromatic rings. The van der Waals surface area contributed by atoms with Crippen molar-refractivity contribution >= 4 is 61.4 Å². The molecule has 2 N–H and O–H groups in total. The highest BCUT2D eigenvalue weighted by atomic mass is 79.9. The molecule has 3 heterocycles. The smallest absolute Gasteiger partial charge is 0.290 e. The number of hydrogen-bond donors (Lipinski definition) is 2. The lowest BCUT2D eigenvalue weighted by Crippen LogP contribution is -2.01. The fourth-order valence-electron chi connectivity index (χ4n) is 1.57. The number of nitrogens with zero attached hydrogens (tertiary/aromatic N) is 2. The summed E-state index contributed by atoms with van der Waals surface area (Å²) in [5.41, 5.74) is 0.821. The van der Waals surface area contributed by atoms with E-state index in [9.17, 15) is 0 Å². The van der Waals surface area contributed by atoms with E-state index in [-0.39, 0.29) is 11.8 Å². The quantitative estimate of drug-likeness (QED) is 0.519. The molecule has 0 aliphatic heterocycles. The molecule has 0 spiro atoms. The van der Waals surface area contributed by atoms with Gasteiger partial charge in [-0.25, -0.2) is 4.98 Å². The summed E-state index contributed by atoms with van der Waals surface area (Å²) in [7, 11) is 0. The summed E-state index contributed by atoms with van der Waals surface area (Å²) >= 11 is 10.9. The van der Waals surface area contributed by atoms with Gasteiger partial charge < -0.3 is 14.8 Å². The summed E-state index contributed by atoms with van der Waals surface area (Å²) in [4.78, 5) is 16.8. The van der Waals surface area contributed by atoms with Crippen molar-refractivity contribution in [2.75, 3.05) is 5.32 Å². The van der Waals surface area contributed by atoms with Gasteiger partial charge in [0.15, 0.2) is 0 Å². The molecule has 6 nitrogen and oxygen atoms in total. The van der Waals surface area contributed by atoms with Crippen LogP contribution in [-0.4, -0.2) is 21.5 Å². The van der Waals surface area contributed by atoms with Gasteiger partial charge in [-0.2, -0.15) is 4.98 Å². The predicted molar refractivity (Wildman–Crippen MR) is 84.9 cm³/mol. The van der Waals surface area contributed by atoms with E-state index < -0.39 is 0 Å². The second-order valence-corrected chi connectivity index (χ2v) is 5.71. The molecule has 0 saturated carbocycles. The van der Waals surface area contributed by atoms with Crippen LogP contribution in [0.5, 0.6) is 0 Å². The van der Waals surface area contributed by atoms with Gasteiger partial charge in [0.25, 0.3) is 6.47 Å². The fraction of sp³-hybridized carbons (Fsp3) is 0.0833. The average molecular weight is 391 g/mol. The molecule has 9 heteroatoms. The third-order valence-electron chi connectivity index (χ3n) is 2.35. The van der Waals surface area contributed by atoms with Crippen molar-refractivity contribution in [3.05, 3.63) is 39.3 Å². The summed E-state index contributed by atoms with van der Waals surface area (Å²) in [6.45, 7) is 0.310. The number of carboxylic acid groups (broad SMARTS) is 1.